The Labute approximate surface area is 120 Å². The van der Waals surface area contributed by atoms with Gasteiger partial charge in [0.15, 0.2) is 0 Å². The van der Waals surface area contributed by atoms with Crippen LogP contribution in [0.25, 0.3) is 0 Å². The summed E-state index contributed by atoms with van der Waals surface area (Å²) >= 11 is 5.91. The summed E-state index contributed by atoms with van der Waals surface area (Å²) in [5.41, 5.74) is -0.313. The van der Waals surface area contributed by atoms with Gasteiger partial charge in [-0.05, 0) is 12.8 Å². The number of aryl methyl sites for hydroxylation is 1. The van der Waals surface area contributed by atoms with E-state index in [1.807, 2.05) is 6.92 Å². The Morgan fingerprint density at radius 1 is 1.35 bits per heavy atom. The normalized spacial score (nSPS) is 10.9. The third kappa shape index (κ3) is 3.16. The summed E-state index contributed by atoms with van der Waals surface area (Å²) in [4.78, 5) is 26.5. The van der Waals surface area contributed by atoms with Gasteiger partial charge in [-0.15, -0.1) is 5.10 Å². The molecule has 0 aliphatic rings. The van der Waals surface area contributed by atoms with E-state index in [4.69, 9.17) is 11.6 Å². The molecule has 0 bridgehead atoms. The highest BCUT2D eigenvalue weighted by molar-refractivity contribution is 6.30. The van der Waals surface area contributed by atoms with E-state index in [1.165, 1.54) is 4.57 Å². The molecular formula is C12H16ClN5O2. The first-order valence-electron chi connectivity index (χ1n) is 6.49. The van der Waals surface area contributed by atoms with Gasteiger partial charge in [0, 0.05) is 19.3 Å². The minimum atomic E-state index is -0.474. The first-order chi connectivity index (χ1) is 9.63. The van der Waals surface area contributed by atoms with Gasteiger partial charge in [-0.1, -0.05) is 30.2 Å². The average molecular weight is 298 g/mol. The molecule has 0 spiro atoms. The second-order valence-corrected chi connectivity index (χ2v) is 4.83. The predicted octanol–water partition coefficient (Wildman–Crippen LogP) is 0.824. The van der Waals surface area contributed by atoms with Gasteiger partial charge in [0.25, 0.3) is 5.56 Å². The molecule has 8 heteroatoms. The van der Waals surface area contributed by atoms with Crippen molar-refractivity contribution >= 4 is 11.6 Å². The van der Waals surface area contributed by atoms with Crippen molar-refractivity contribution in [2.24, 2.45) is 0 Å². The molecule has 0 amide bonds. The number of hydrogen-bond donors (Lipinski definition) is 1. The lowest BCUT2D eigenvalue weighted by atomic mass is 10.2. The summed E-state index contributed by atoms with van der Waals surface area (Å²) < 4.78 is 2.84. The molecule has 7 nitrogen and oxygen atoms in total. The van der Waals surface area contributed by atoms with Gasteiger partial charge in [-0.3, -0.25) is 19.0 Å². The monoisotopic (exact) mass is 297 g/mol. The van der Waals surface area contributed by atoms with Crippen LogP contribution in [0.4, 0.5) is 0 Å². The largest absolute Gasteiger partial charge is 0.329 e. The maximum Gasteiger partial charge on any atom is 0.329 e. The molecule has 0 saturated heterocycles. The lowest BCUT2D eigenvalue weighted by Gasteiger charge is -2.08. The molecular weight excluding hydrogens is 282 g/mol. The van der Waals surface area contributed by atoms with E-state index in [-0.39, 0.29) is 10.7 Å². The fraction of sp³-hybridized carbons (Fsp3) is 0.500. The van der Waals surface area contributed by atoms with Crippen LogP contribution in [0, 0.1) is 0 Å². The predicted molar refractivity (Wildman–Crippen MR) is 75.0 cm³/mol. The van der Waals surface area contributed by atoms with E-state index in [2.05, 4.69) is 15.3 Å². The first-order valence-corrected chi connectivity index (χ1v) is 6.87. The minimum absolute atomic E-state index is 0.148. The summed E-state index contributed by atoms with van der Waals surface area (Å²) in [6.07, 6.45) is 5.27. The highest BCUT2D eigenvalue weighted by Gasteiger charge is 2.11. The molecule has 20 heavy (non-hydrogen) atoms. The van der Waals surface area contributed by atoms with E-state index in [9.17, 15) is 9.59 Å². The number of hydrogen-bond acceptors (Lipinski definition) is 4. The maximum absolute atomic E-state index is 12.2. The van der Waals surface area contributed by atoms with Gasteiger partial charge in [0.1, 0.15) is 5.15 Å². The van der Waals surface area contributed by atoms with Gasteiger partial charge >= 0.3 is 5.69 Å². The summed E-state index contributed by atoms with van der Waals surface area (Å²) in [7, 11) is 0. The number of H-pyrrole nitrogens is 1. The zero-order valence-electron chi connectivity index (χ0n) is 11.2. The number of rotatable bonds is 6. The molecule has 1 N–H and O–H groups in total. The fourth-order valence-corrected chi connectivity index (χ4v) is 2.25. The Kier molecular flexibility index (Phi) is 4.73. The Hall–Kier alpha value is -1.89. The van der Waals surface area contributed by atoms with E-state index in [0.29, 0.717) is 31.5 Å². The van der Waals surface area contributed by atoms with Gasteiger partial charge in [0.2, 0.25) is 0 Å². The average Bonchev–Trinajstić information content (AvgIpc) is 2.91. The third-order valence-electron chi connectivity index (χ3n) is 2.97. The molecule has 2 aromatic rings. The summed E-state index contributed by atoms with van der Waals surface area (Å²) in [6.45, 7) is 2.87. The standard InChI is InChI=1S/C12H16ClN5O2/c1-2-4-9-10(13)15-12(20)18(11(9)19)7-3-6-17-8-5-14-16-17/h5,8H,2-4,6-7H2,1H3,(H,15,20). The van der Waals surface area contributed by atoms with Crippen LogP contribution >= 0.6 is 11.6 Å². The highest BCUT2D eigenvalue weighted by Crippen LogP contribution is 2.08. The van der Waals surface area contributed by atoms with Crippen LogP contribution in [-0.4, -0.2) is 24.5 Å². The Balaban J connectivity index is 2.16. The van der Waals surface area contributed by atoms with Gasteiger partial charge in [-0.25, -0.2) is 4.79 Å². The molecule has 0 aliphatic heterocycles. The topological polar surface area (TPSA) is 85.6 Å². The van der Waals surface area contributed by atoms with Crippen molar-refractivity contribution in [3.05, 3.63) is 43.9 Å². The van der Waals surface area contributed by atoms with Crippen LogP contribution in [0.1, 0.15) is 25.3 Å². The molecule has 0 aliphatic carbocycles. The van der Waals surface area contributed by atoms with Gasteiger partial charge < -0.3 is 0 Å². The van der Waals surface area contributed by atoms with Crippen LogP contribution in [0.2, 0.25) is 5.15 Å². The zero-order chi connectivity index (χ0) is 14.5. The van der Waals surface area contributed by atoms with Gasteiger partial charge in [0.05, 0.1) is 11.8 Å². The highest BCUT2D eigenvalue weighted by atomic mass is 35.5. The maximum atomic E-state index is 12.2. The van der Waals surface area contributed by atoms with E-state index < -0.39 is 5.69 Å². The lowest BCUT2D eigenvalue weighted by molar-refractivity contribution is 0.495. The van der Waals surface area contributed by atoms with Crippen LogP contribution in [0.15, 0.2) is 22.0 Å². The van der Waals surface area contributed by atoms with Crippen molar-refractivity contribution in [1.29, 1.82) is 0 Å². The number of nitrogens with zero attached hydrogens (tertiary/aromatic N) is 4. The van der Waals surface area contributed by atoms with Gasteiger partial charge in [-0.2, -0.15) is 0 Å². The van der Waals surface area contributed by atoms with Crippen molar-refractivity contribution in [1.82, 2.24) is 24.5 Å². The first kappa shape index (κ1) is 14.5. The summed E-state index contributed by atoms with van der Waals surface area (Å²) in [5, 5.41) is 7.67. The molecule has 2 heterocycles. The molecule has 2 rings (SSSR count). The second kappa shape index (κ2) is 6.51. The summed E-state index contributed by atoms with van der Waals surface area (Å²) in [5.74, 6) is 0. The number of aromatic nitrogens is 5. The fourth-order valence-electron chi connectivity index (χ4n) is 2.00. The van der Waals surface area contributed by atoms with E-state index in [0.717, 1.165) is 6.42 Å². The Morgan fingerprint density at radius 2 is 2.15 bits per heavy atom. The number of nitrogens with one attached hydrogen (secondary N) is 1. The lowest BCUT2D eigenvalue weighted by Crippen LogP contribution is -2.37. The van der Waals surface area contributed by atoms with Crippen LogP contribution < -0.4 is 11.2 Å². The van der Waals surface area contributed by atoms with Crippen LogP contribution in [0.5, 0.6) is 0 Å². The van der Waals surface area contributed by atoms with Crippen molar-refractivity contribution < 1.29 is 0 Å². The minimum Gasteiger partial charge on any atom is -0.297 e. The Morgan fingerprint density at radius 3 is 2.80 bits per heavy atom. The molecule has 0 unspecified atom stereocenters. The zero-order valence-corrected chi connectivity index (χ0v) is 11.9. The van der Waals surface area contributed by atoms with E-state index >= 15 is 0 Å². The Bertz CT molecular complexity index is 674. The quantitative estimate of drug-likeness (QED) is 0.800. The molecule has 0 radical (unpaired) electrons. The molecule has 108 valence electrons. The van der Waals surface area contributed by atoms with Crippen molar-refractivity contribution in [3.8, 4) is 0 Å². The van der Waals surface area contributed by atoms with E-state index in [1.54, 1.807) is 17.1 Å². The van der Waals surface area contributed by atoms with Crippen LogP contribution in [0.3, 0.4) is 0 Å². The van der Waals surface area contributed by atoms with Crippen LogP contribution in [-0.2, 0) is 19.5 Å². The third-order valence-corrected chi connectivity index (χ3v) is 3.29. The molecule has 0 atom stereocenters. The SMILES string of the molecule is CCCc1c(Cl)[nH]c(=O)n(CCCn2ccnn2)c1=O. The summed E-state index contributed by atoms with van der Waals surface area (Å²) in [6, 6.07) is 0. The van der Waals surface area contributed by atoms with Crippen molar-refractivity contribution in [2.75, 3.05) is 0 Å². The molecule has 0 fully saturated rings. The molecule has 0 saturated carbocycles. The molecule has 0 aromatic carbocycles. The molecule has 2 aromatic heterocycles. The smallest absolute Gasteiger partial charge is 0.297 e. The number of aromatic amines is 1. The second-order valence-electron chi connectivity index (χ2n) is 4.45. The number of halogens is 1. The van der Waals surface area contributed by atoms with Crippen molar-refractivity contribution in [3.63, 3.8) is 0 Å². The van der Waals surface area contributed by atoms with Crippen molar-refractivity contribution in [2.45, 2.75) is 39.3 Å².